The van der Waals surface area contributed by atoms with Gasteiger partial charge >= 0.3 is 5.97 Å². The standard InChI is InChI=1S/C21H18N4O2/c1-15-18(9-10-19(26)27)21(24-13-11-17-8-5-12-22-20(17)24)25(23-15)14-16-6-3-2-4-7-16/h2-13H,14H2,1H3,(H,26,27)/b10-9+. The molecule has 0 atom stereocenters. The number of fused-ring (bicyclic) bond motifs is 1. The summed E-state index contributed by atoms with van der Waals surface area (Å²) in [5, 5.41) is 14.7. The van der Waals surface area contributed by atoms with Gasteiger partial charge in [0.1, 0.15) is 11.5 Å². The molecule has 3 heterocycles. The molecule has 0 saturated heterocycles. The summed E-state index contributed by atoms with van der Waals surface area (Å²) in [6, 6.07) is 15.9. The van der Waals surface area contributed by atoms with Crippen LogP contribution < -0.4 is 0 Å². The summed E-state index contributed by atoms with van der Waals surface area (Å²) in [7, 11) is 0. The number of aromatic nitrogens is 4. The predicted molar refractivity (Wildman–Crippen MR) is 104 cm³/mol. The zero-order chi connectivity index (χ0) is 18.8. The average molecular weight is 358 g/mol. The van der Waals surface area contributed by atoms with Crippen molar-refractivity contribution in [2.75, 3.05) is 0 Å². The normalized spacial score (nSPS) is 11.4. The first-order valence-electron chi connectivity index (χ1n) is 8.58. The number of carboxylic acids is 1. The Kier molecular flexibility index (Phi) is 4.30. The first-order valence-corrected chi connectivity index (χ1v) is 8.58. The van der Waals surface area contributed by atoms with Crippen LogP contribution in [0.2, 0.25) is 0 Å². The molecule has 0 aliphatic carbocycles. The van der Waals surface area contributed by atoms with E-state index in [1.54, 1.807) is 12.3 Å². The number of hydrogen-bond acceptors (Lipinski definition) is 3. The predicted octanol–water partition coefficient (Wildman–Crippen LogP) is 3.68. The zero-order valence-electron chi connectivity index (χ0n) is 14.8. The minimum Gasteiger partial charge on any atom is -0.478 e. The zero-order valence-corrected chi connectivity index (χ0v) is 14.8. The van der Waals surface area contributed by atoms with Crippen LogP contribution in [-0.4, -0.2) is 30.4 Å². The van der Waals surface area contributed by atoms with Crippen LogP contribution in [0.4, 0.5) is 0 Å². The second-order valence-electron chi connectivity index (χ2n) is 6.24. The molecule has 0 unspecified atom stereocenters. The molecule has 0 radical (unpaired) electrons. The third-order valence-corrected chi connectivity index (χ3v) is 4.39. The van der Waals surface area contributed by atoms with Crippen molar-refractivity contribution >= 4 is 23.1 Å². The number of carbonyl (C=O) groups is 1. The number of rotatable bonds is 5. The Hall–Kier alpha value is -3.67. The molecule has 0 aliphatic heterocycles. The number of benzene rings is 1. The first-order chi connectivity index (χ1) is 13.1. The van der Waals surface area contributed by atoms with Gasteiger partial charge in [0, 0.05) is 29.4 Å². The van der Waals surface area contributed by atoms with E-state index in [1.807, 2.05) is 70.9 Å². The Bertz CT molecular complexity index is 1140. The number of aliphatic carboxylic acids is 1. The Morgan fingerprint density at radius 3 is 2.74 bits per heavy atom. The maximum atomic E-state index is 11.1. The van der Waals surface area contributed by atoms with Crippen molar-refractivity contribution < 1.29 is 9.90 Å². The highest BCUT2D eigenvalue weighted by Gasteiger charge is 2.17. The van der Waals surface area contributed by atoms with Gasteiger partial charge in [0.15, 0.2) is 0 Å². The average Bonchev–Trinajstić information content (AvgIpc) is 3.21. The molecule has 4 aromatic rings. The van der Waals surface area contributed by atoms with Gasteiger partial charge in [-0.25, -0.2) is 14.5 Å². The third-order valence-electron chi connectivity index (χ3n) is 4.39. The van der Waals surface area contributed by atoms with Crippen molar-refractivity contribution in [1.82, 2.24) is 19.3 Å². The van der Waals surface area contributed by atoms with E-state index >= 15 is 0 Å². The van der Waals surface area contributed by atoms with Crippen LogP contribution in [0.1, 0.15) is 16.8 Å². The Morgan fingerprint density at radius 1 is 1.15 bits per heavy atom. The molecule has 6 nitrogen and oxygen atoms in total. The monoisotopic (exact) mass is 358 g/mol. The van der Waals surface area contributed by atoms with Crippen LogP contribution in [0.15, 0.2) is 67.0 Å². The summed E-state index contributed by atoms with van der Waals surface area (Å²) in [6.45, 7) is 2.45. The lowest BCUT2D eigenvalue weighted by atomic mass is 10.2. The summed E-state index contributed by atoms with van der Waals surface area (Å²) in [5.41, 5.74) is 3.43. The molecule has 0 bridgehead atoms. The SMILES string of the molecule is Cc1nn(Cc2ccccc2)c(-n2ccc3cccnc32)c1/C=C/C(=O)O. The molecule has 0 spiro atoms. The molecule has 0 fully saturated rings. The summed E-state index contributed by atoms with van der Waals surface area (Å²) in [5.74, 6) is -0.200. The van der Waals surface area contributed by atoms with E-state index in [2.05, 4.69) is 10.1 Å². The Balaban J connectivity index is 1.92. The number of aryl methyl sites for hydroxylation is 1. The number of pyridine rings is 1. The maximum Gasteiger partial charge on any atom is 0.328 e. The van der Waals surface area contributed by atoms with Gasteiger partial charge in [0.05, 0.1) is 12.2 Å². The van der Waals surface area contributed by atoms with Crippen LogP contribution in [0.5, 0.6) is 0 Å². The highest BCUT2D eigenvalue weighted by molar-refractivity contribution is 5.87. The van der Waals surface area contributed by atoms with Gasteiger partial charge in [0.25, 0.3) is 0 Å². The van der Waals surface area contributed by atoms with E-state index in [1.165, 1.54) is 0 Å². The highest BCUT2D eigenvalue weighted by atomic mass is 16.4. The molecule has 0 saturated carbocycles. The van der Waals surface area contributed by atoms with Crippen LogP contribution in [0.3, 0.4) is 0 Å². The molecule has 1 N–H and O–H groups in total. The van der Waals surface area contributed by atoms with Crippen LogP contribution in [-0.2, 0) is 11.3 Å². The maximum absolute atomic E-state index is 11.1. The van der Waals surface area contributed by atoms with E-state index in [0.29, 0.717) is 6.54 Å². The lowest BCUT2D eigenvalue weighted by molar-refractivity contribution is -0.131. The molecule has 0 aliphatic rings. The van der Waals surface area contributed by atoms with E-state index in [4.69, 9.17) is 5.11 Å². The van der Waals surface area contributed by atoms with E-state index < -0.39 is 5.97 Å². The largest absolute Gasteiger partial charge is 0.478 e. The molecule has 134 valence electrons. The van der Waals surface area contributed by atoms with Crippen molar-refractivity contribution in [3.8, 4) is 5.82 Å². The molecule has 0 amide bonds. The fourth-order valence-electron chi connectivity index (χ4n) is 3.19. The number of hydrogen-bond donors (Lipinski definition) is 1. The van der Waals surface area contributed by atoms with Gasteiger partial charge < -0.3 is 5.11 Å². The van der Waals surface area contributed by atoms with Crippen molar-refractivity contribution in [3.05, 3.63) is 83.8 Å². The second kappa shape index (κ2) is 6.92. The van der Waals surface area contributed by atoms with E-state index in [0.717, 1.165) is 39.7 Å². The fraction of sp³-hybridized carbons (Fsp3) is 0.0952. The molecule has 4 rings (SSSR count). The van der Waals surface area contributed by atoms with Crippen molar-refractivity contribution in [2.24, 2.45) is 0 Å². The molecule has 3 aromatic heterocycles. The van der Waals surface area contributed by atoms with E-state index in [-0.39, 0.29) is 0 Å². The van der Waals surface area contributed by atoms with Crippen LogP contribution in [0.25, 0.3) is 22.9 Å². The Labute approximate surface area is 156 Å². The molecule has 27 heavy (non-hydrogen) atoms. The summed E-state index contributed by atoms with van der Waals surface area (Å²) < 4.78 is 3.85. The van der Waals surface area contributed by atoms with Crippen molar-refractivity contribution in [1.29, 1.82) is 0 Å². The van der Waals surface area contributed by atoms with Gasteiger partial charge in [0.2, 0.25) is 0 Å². The Morgan fingerprint density at radius 2 is 1.96 bits per heavy atom. The third kappa shape index (κ3) is 3.25. The van der Waals surface area contributed by atoms with Crippen LogP contribution in [0, 0.1) is 6.92 Å². The minimum absolute atomic E-state index is 0.574. The van der Waals surface area contributed by atoms with Crippen LogP contribution >= 0.6 is 0 Å². The van der Waals surface area contributed by atoms with E-state index in [9.17, 15) is 4.79 Å². The lowest BCUT2D eigenvalue weighted by Gasteiger charge is -2.11. The topological polar surface area (TPSA) is 72.9 Å². The molecular weight excluding hydrogens is 340 g/mol. The minimum atomic E-state index is -0.994. The fourth-order valence-corrected chi connectivity index (χ4v) is 3.19. The molecular formula is C21H18N4O2. The summed E-state index contributed by atoms with van der Waals surface area (Å²) in [6.07, 6.45) is 6.42. The second-order valence-corrected chi connectivity index (χ2v) is 6.24. The molecule has 1 aromatic carbocycles. The van der Waals surface area contributed by atoms with Crippen molar-refractivity contribution in [3.63, 3.8) is 0 Å². The van der Waals surface area contributed by atoms with Crippen molar-refractivity contribution in [2.45, 2.75) is 13.5 Å². The van der Waals surface area contributed by atoms with Gasteiger partial charge in [-0.15, -0.1) is 0 Å². The van der Waals surface area contributed by atoms with Gasteiger partial charge in [-0.2, -0.15) is 5.10 Å². The highest BCUT2D eigenvalue weighted by Crippen LogP contribution is 2.25. The van der Waals surface area contributed by atoms with Gasteiger partial charge in [-0.1, -0.05) is 30.3 Å². The summed E-state index contributed by atoms with van der Waals surface area (Å²) >= 11 is 0. The molecule has 6 heteroatoms. The van der Waals surface area contributed by atoms with Gasteiger partial charge in [-0.3, -0.25) is 4.57 Å². The number of carboxylic acid groups (broad SMARTS) is 1. The number of nitrogens with zero attached hydrogens (tertiary/aromatic N) is 4. The first kappa shape index (κ1) is 16.8. The smallest absolute Gasteiger partial charge is 0.328 e. The quantitative estimate of drug-likeness (QED) is 0.553. The summed E-state index contributed by atoms with van der Waals surface area (Å²) in [4.78, 5) is 15.6. The lowest BCUT2D eigenvalue weighted by Crippen LogP contribution is -2.09. The van der Waals surface area contributed by atoms with Gasteiger partial charge in [-0.05, 0) is 36.8 Å².